The van der Waals surface area contributed by atoms with E-state index in [-0.39, 0.29) is 14.3 Å². The van der Waals surface area contributed by atoms with E-state index in [2.05, 4.69) is 40.2 Å². The Morgan fingerprint density at radius 3 is 1.29 bits per heavy atom. The van der Waals surface area contributed by atoms with E-state index in [0.717, 1.165) is 5.32 Å². The molecule has 0 N–H and O–H groups in total. The topological polar surface area (TPSA) is 0 Å². The van der Waals surface area contributed by atoms with Crippen molar-refractivity contribution in [1.29, 1.82) is 0 Å². The second-order valence-corrected chi connectivity index (χ2v) is 9.29. The zero-order valence-corrected chi connectivity index (χ0v) is 9.43. The molecule has 0 aliphatic rings. The van der Waals surface area contributed by atoms with Gasteiger partial charge in [0, 0.05) is 0 Å². The molecule has 2 heteroatoms. The predicted octanol–water partition coefficient (Wildman–Crippen LogP) is 1.96. The van der Waals surface area contributed by atoms with Gasteiger partial charge in [0.05, 0.1) is 0 Å². The van der Waals surface area contributed by atoms with Crippen molar-refractivity contribution in [3.63, 3.8) is 0 Å². The molecule has 0 heterocycles. The molecule has 0 atom stereocenters. The predicted molar refractivity (Wildman–Crippen MR) is 39.6 cm³/mol. The van der Waals surface area contributed by atoms with Crippen LogP contribution in [-0.2, 0) is 0 Å². The van der Waals surface area contributed by atoms with Crippen LogP contribution in [0.25, 0.3) is 0 Å². The van der Waals surface area contributed by atoms with Gasteiger partial charge in [0.25, 0.3) is 0 Å². The number of rotatable bonds is 0. The van der Waals surface area contributed by atoms with Gasteiger partial charge in [-0.2, -0.15) is 0 Å². The van der Waals surface area contributed by atoms with Gasteiger partial charge in [0.2, 0.25) is 0 Å². The summed E-state index contributed by atoms with van der Waals surface area (Å²) in [6.45, 7) is 2.07. The summed E-state index contributed by atoms with van der Waals surface area (Å²) in [5.41, 5.74) is 0. The molecule has 0 saturated heterocycles. The van der Waals surface area contributed by atoms with Crippen LogP contribution in [0.1, 0.15) is 6.92 Å². The molecule has 0 fully saturated rings. The molecule has 44 valence electrons. The number of hydrogen-bond donors (Lipinski definition) is 0. The van der Waals surface area contributed by atoms with Crippen LogP contribution >= 0.6 is 0 Å². The third kappa shape index (κ3) is 160. The van der Waals surface area contributed by atoms with Crippen molar-refractivity contribution < 1.29 is 0 Å². The first-order chi connectivity index (χ1) is 3.15. The molecule has 0 saturated carbocycles. The summed E-state index contributed by atoms with van der Waals surface area (Å²) in [6.07, 6.45) is 0. The van der Waals surface area contributed by atoms with Crippen LogP contribution in [0.4, 0.5) is 0 Å². The molecule has 0 aliphatic carbocycles. The van der Waals surface area contributed by atoms with Gasteiger partial charge in [-0.1, -0.05) is 0 Å². The summed E-state index contributed by atoms with van der Waals surface area (Å²) < 4.78 is 0. The van der Waals surface area contributed by atoms with Gasteiger partial charge in [-0.15, -0.1) is 0 Å². The van der Waals surface area contributed by atoms with E-state index >= 15 is 0 Å². The molecular formula is C5H14GeSe. The van der Waals surface area contributed by atoms with Crippen LogP contribution in [0, 0.1) is 0 Å². The third-order valence-electron chi connectivity index (χ3n) is 0. The molecule has 0 spiro atoms. The Labute approximate surface area is 60.0 Å². The van der Waals surface area contributed by atoms with Crippen molar-refractivity contribution in [1.82, 2.24) is 0 Å². The van der Waals surface area contributed by atoms with Gasteiger partial charge < -0.3 is 0 Å². The number of hydrogen-bond acceptors (Lipinski definition) is 0. The van der Waals surface area contributed by atoms with Gasteiger partial charge in [-0.05, 0) is 0 Å². The molecule has 0 rings (SSSR count). The van der Waals surface area contributed by atoms with E-state index in [4.69, 9.17) is 0 Å². The Morgan fingerprint density at radius 2 is 1.29 bits per heavy atom. The Morgan fingerprint density at radius 1 is 1.29 bits per heavy atom. The monoisotopic (exact) mass is 228 g/mol. The Hall–Kier alpha value is 1.06. The summed E-state index contributed by atoms with van der Waals surface area (Å²) >= 11 is 2.47. The zero-order chi connectivity index (χ0) is 6.28. The quantitative estimate of drug-likeness (QED) is 0.553. The summed E-state index contributed by atoms with van der Waals surface area (Å²) in [5, 5.41) is 1.12. The first-order valence-electron chi connectivity index (χ1n) is 2.50. The summed E-state index contributed by atoms with van der Waals surface area (Å²) in [5.74, 6) is 7.00. The van der Waals surface area contributed by atoms with Gasteiger partial charge in [-0.3, -0.25) is 0 Å². The Kier molecular flexibility index (Phi) is 15.8. The molecule has 7 heavy (non-hydrogen) atoms. The molecule has 0 aromatic carbocycles. The molecule has 0 aromatic rings. The fourth-order valence-electron chi connectivity index (χ4n) is 0. The summed E-state index contributed by atoms with van der Waals surface area (Å²) in [6, 6.07) is 0. The van der Waals surface area contributed by atoms with E-state index in [1.54, 1.807) is 0 Å². The molecule has 0 bridgehead atoms. The first kappa shape index (κ1) is 10.9. The van der Waals surface area contributed by atoms with Gasteiger partial charge in [-0.25, -0.2) is 0 Å². The molecule has 0 aromatic heterocycles. The van der Waals surface area contributed by atoms with Gasteiger partial charge >= 0.3 is 59.9 Å². The van der Waals surface area contributed by atoms with E-state index in [9.17, 15) is 0 Å². The molecule has 0 nitrogen and oxygen atoms in total. The average molecular weight is 226 g/mol. The van der Waals surface area contributed by atoms with Crippen molar-refractivity contribution in [2.24, 2.45) is 0 Å². The first-order valence-corrected chi connectivity index (χ1v) is 10.0. The summed E-state index contributed by atoms with van der Waals surface area (Å²) in [7, 11) is 0. The van der Waals surface area contributed by atoms with E-state index in [1.807, 2.05) is 0 Å². The summed E-state index contributed by atoms with van der Waals surface area (Å²) in [4.78, 5) is 0. The molecule has 2 radical (unpaired) electrons. The van der Waals surface area contributed by atoms with Crippen LogP contribution in [0.3, 0.4) is 0 Å². The normalized spacial score (nSPS) is 7.71. The fraction of sp³-hybridized carbons (Fsp3) is 1.00. The average Bonchev–Trinajstić information content (AvgIpc) is 1.33. The minimum atomic E-state index is -0.333. The Bertz CT molecular complexity index is 19.3. The van der Waals surface area contributed by atoms with Crippen molar-refractivity contribution >= 4 is 30.4 Å². The minimum absolute atomic E-state index is 0.333. The fourth-order valence-corrected chi connectivity index (χ4v) is 0. The van der Waals surface area contributed by atoms with Crippen LogP contribution in [0.15, 0.2) is 0 Å². The standard InChI is InChI=1S/C3H9Ge.C2H5Se/c1-4(2)3;1-2-3/h1-3H3;2H2,1H3. The molecule has 0 unspecified atom stereocenters. The van der Waals surface area contributed by atoms with Crippen molar-refractivity contribution in [2.45, 2.75) is 29.5 Å². The zero-order valence-electron chi connectivity index (χ0n) is 5.62. The van der Waals surface area contributed by atoms with E-state index in [1.165, 1.54) is 0 Å². The van der Waals surface area contributed by atoms with Crippen molar-refractivity contribution in [3.8, 4) is 0 Å². The second-order valence-electron chi connectivity index (χ2n) is 1.79. The maximum atomic E-state index is 2.81. The molecule has 0 aliphatic heterocycles. The third-order valence-corrected chi connectivity index (χ3v) is 0. The van der Waals surface area contributed by atoms with Crippen molar-refractivity contribution in [2.75, 3.05) is 0 Å². The Balaban J connectivity index is 0. The van der Waals surface area contributed by atoms with E-state index < -0.39 is 0 Å². The van der Waals surface area contributed by atoms with Gasteiger partial charge in [0.15, 0.2) is 0 Å². The maximum absolute atomic E-state index is 2.81. The molecular weight excluding hydrogens is 212 g/mol. The SMILES string of the molecule is CC[Se].[CH3][Ge]([CH3])[CH3]. The van der Waals surface area contributed by atoms with Crippen LogP contribution < -0.4 is 0 Å². The van der Waals surface area contributed by atoms with Crippen molar-refractivity contribution in [3.05, 3.63) is 0 Å². The van der Waals surface area contributed by atoms with E-state index in [0.29, 0.717) is 0 Å². The van der Waals surface area contributed by atoms with Crippen LogP contribution in [0.5, 0.6) is 0 Å². The van der Waals surface area contributed by atoms with Crippen LogP contribution in [0.2, 0.25) is 22.6 Å². The second kappa shape index (κ2) is 10.1. The van der Waals surface area contributed by atoms with Gasteiger partial charge in [0.1, 0.15) is 0 Å². The van der Waals surface area contributed by atoms with Crippen LogP contribution in [-0.4, -0.2) is 30.4 Å². The molecule has 0 amide bonds.